The predicted molar refractivity (Wildman–Crippen MR) is 125 cm³/mol. The second kappa shape index (κ2) is 10.7. The third-order valence-electron chi connectivity index (χ3n) is 4.25. The van der Waals surface area contributed by atoms with Crippen molar-refractivity contribution in [3.05, 3.63) is 97.0 Å². The van der Waals surface area contributed by atoms with Crippen LogP contribution in [0.2, 0.25) is 5.02 Å². The number of hydrogen-bond donors (Lipinski definition) is 1. The van der Waals surface area contributed by atoms with E-state index in [9.17, 15) is 14.9 Å². The molecule has 3 rings (SSSR count). The summed E-state index contributed by atoms with van der Waals surface area (Å²) in [6.07, 6.45) is 1.47. The maximum atomic E-state index is 12.1. The third kappa shape index (κ3) is 6.05. The average molecular weight is 519 g/mol. The van der Waals surface area contributed by atoms with E-state index in [4.69, 9.17) is 21.1 Å². The van der Waals surface area contributed by atoms with Crippen LogP contribution in [0.4, 0.5) is 5.69 Å². The molecule has 3 aromatic rings. The number of benzene rings is 3. The van der Waals surface area contributed by atoms with Gasteiger partial charge in [0, 0.05) is 22.7 Å². The normalized spacial score (nSPS) is 10.7. The van der Waals surface area contributed by atoms with E-state index in [2.05, 4.69) is 26.5 Å². The number of nitrogens with one attached hydrogen (secondary N) is 1. The van der Waals surface area contributed by atoms with Crippen molar-refractivity contribution in [2.24, 2.45) is 5.10 Å². The van der Waals surface area contributed by atoms with Crippen molar-refractivity contribution in [2.75, 3.05) is 7.11 Å². The number of carbonyl (C=O) groups excluding carboxylic acids is 1. The van der Waals surface area contributed by atoms with Crippen molar-refractivity contribution in [1.82, 2.24) is 5.43 Å². The number of rotatable bonds is 8. The van der Waals surface area contributed by atoms with Crippen molar-refractivity contribution >= 4 is 45.3 Å². The fraction of sp³-hybridized carbons (Fsp3) is 0.0909. The van der Waals surface area contributed by atoms with Crippen LogP contribution in [0.15, 0.2) is 70.2 Å². The Balaban J connectivity index is 1.68. The fourth-order valence-electron chi connectivity index (χ4n) is 2.68. The van der Waals surface area contributed by atoms with Crippen LogP contribution in [0.5, 0.6) is 11.5 Å². The summed E-state index contributed by atoms with van der Waals surface area (Å²) >= 11 is 9.34. The van der Waals surface area contributed by atoms with Gasteiger partial charge >= 0.3 is 0 Å². The molecule has 0 fully saturated rings. The highest BCUT2D eigenvalue weighted by molar-refractivity contribution is 9.10. The Morgan fingerprint density at radius 3 is 2.62 bits per heavy atom. The SMILES string of the molecule is COc1cc(/C=N\NC(=O)c2cccc(Cl)c2)cc(Br)c1OCc1ccc([N+](=O)[O-])cc1. The van der Waals surface area contributed by atoms with Crippen molar-refractivity contribution in [3.63, 3.8) is 0 Å². The number of hydrazone groups is 1. The summed E-state index contributed by atoms with van der Waals surface area (Å²) < 4.78 is 11.9. The van der Waals surface area contributed by atoms with Gasteiger partial charge in [-0.15, -0.1) is 0 Å². The number of methoxy groups -OCH3 is 1. The van der Waals surface area contributed by atoms with Crippen molar-refractivity contribution in [2.45, 2.75) is 6.61 Å². The van der Waals surface area contributed by atoms with Crippen LogP contribution in [0, 0.1) is 10.1 Å². The van der Waals surface area contributed by atoms with E-state index < -0.39 is 10.8 Å². The maximum Gasteiger partial charge on any atom is 0.271 e. The molecule has 0 radical (unpaired) electrons. The molecule has 0 unspecified atom stereocenters. The predicted octanol–water partition coefficient (Wildman–Crippen LogP) is 5.36. The van der Waals surface area contributed by atoms with Crippen molar-refractivity contribution in [3.8, 4) is 11.5 Å². The largest absolute Gasteiger partial charge is 0.493 e. The van der Waals surface area contributed by atoms with Gasteiger partial charge in [0.1, 0.15) is 6.61 Å². The highest BCUT2D eigenvalue weighted by Crippen LogP contribution is 2.37. The summed E-state index contributed by atoms with van der Waals surface area (Å²) in [6.45, 7) is 0.191. The number of hydrogen-bond acceptors (Lipinski definition) is 6. The van der Waals surface area contributed by atoms with Crippen LogP contribution in [0.25, 0.3) is 0 Å². The maximum absolute atomic E-state index is 12.1. The molecule has 0 saturated carbocycles. The van der Waals surface area contributed by atoms with E-state index in [1.165, 1.54) is 25.5 Å². The van der Waals surface area contributed by atoms with Crippen LogP contribution in [0.1, 0.15) is 21.5 Å². The van der Waals surface area contributed by atoms with E-state index in [1.54, 1.807) is 48.5 Å². The Morgan fingerprint density at radius 1 is 1.22 bits per heavy atom. The van der Waals surface area contributed by atoms with Crippen LogP contribution in [-0.4, -0.2) is 24.2 Å². The molecule has 3 aromatic carbocycles. The first-order valence-corrected chi connectivity index (χ1v) is 10.4. The topological polar surface area (TPSA) is 103 Å². The number of nitro groups is 1. The van der Waals surface area contributed by atoms with Crippen LogP contribution >= 0.6 is 27.5 Å². The molecule has 1 amide bonds. The van der Waals surface area contributed by atoms with E-state index >= 15 is 0 Å². The minimum absolute atomic E-state index is 0.0126. The number of halogens is 2. The lowest BCUT2D eigenvalue weighted by Crippen LogP contribution is -2.17. The Hall–Kier alpha value is -3.43. The second-order valence-corrected chi connectivity index (χ2v) is 7.75. The summed E-state index contributed by atoms with van der Waals surface area (Å²) in [6, 6.07) is 16.1. The molecule has 0 aromatic heterocycles. The standard InChI is InChI=1S/C22H17BrClN3O5/c1-31-20-10-15(12-25-26-22(28)16-3-2-4-17(24)11-16)9-19(23)21(20)32-13-14-5-7-18(8-6-14)27(29)30/h2-12H,13H2,1H3,(H,26,28)/b25-12-. The molecule has 0 spiro atoms. The lowest BCUT2D eigenvalue weighted by molar-refractivity contribution is -0.384. The molecule has 8 nitrogen and oxygen atoms in total. The van der Waals surface area contributed by atoms with E-state index in [1.807, 2.05) is 0 Å². The smallest absolute Gasteiger partial charge is 0.271 e. The van der Waals surface area contributed by atoms with Gasteiger partial charge in [0.2, 0.25) is 0 Å². The Kier molecular flexibility index (Phi) is 7.80. The number of carbonyl (C=O) groups is 1. The van der Waals surface area contributed by atoms with Crippen molar-refractivity contribution < 1.29 is 19.2 Å². The number of non-ortho nitro benzene ring substituents is 1. The molecular weight excluding hydrogens is 502 g/mol. The zero-order valence-corrected chi connectivity index (χ0v) is 19.1. The molecule has 0 saturated heterocycles. The molecule has 0 aliphatic rings. The van der Waals surface area contributed by atoms with Crippen LogP contribution in [-0.2, 0) is 6.61 Å². The van der Waals surface area contributed by atoms with Gasteiger partial charge in [0.25, 0.3) is 11.6 Å². The minimum Gasteiger partial charge on any atom is -0.493 e. The van der Waals surface area contributed by atoms with E-state index in [0.29, 0.717) is 32.1 Å². The minimum atomic E-state index is -0.456. The number of nitro benzene ring substituents is 1. The molecule has 10 heteroatoms. The first-order valence-electron chi connectivity index (χ1n) is 9.20. The van der Waals surface area contributed by atoms with Gasteiger partial charge in [-0.2, -0.15) is 5.10 Å². The number of ether oxygens (including phenoxy) is 2. The highest BCUT2D eigenvalue weighted by Gasteiger charge is 2.12. The highest BCUT2D eigenvalue weighted by atomic mass is 79.9. The molecule has 164 valence electrons. The van der Waals surface area contributed by atoms with Crippen LogP contribution < -0.4 is 14.9 Å². The lowest BCUT2D eigenvalue weighted by Gasteiger charge is -2.13. The Bertz CT molecular complexity index is 1170. The summed E-state index contributed by atoms with van der Waals surface area (Å²) in [7, 11) is 1.50. The van der Waals surface area contributed by atoms with Gasteiger partial charge in [-0.1, -0.05) is 17.7 Å². The molecule has 0 atom stereocenters. The summed E-state index contributed by atoms with van der Waals surface area (Å²) in [5.74, 6) is 0.521. The molecule has 1 N–H and O–H groups in total. The van der Waals surface area contributed by atoms with Gasteiger partial charge in [-0.25, -0.2) is 5.43 Å². The quantitative estimate of drug-likeness (QED) is 0.246. The number of amides is 1. The first-order chi connectivity index (χ1) is 15.4. The van der Waals surface area contributed by atoms with Gasteiger partial charge in [0.15, 0.2) is 11.5 Å². The zero-order valence-electron chi connectivity index (χ0n) is 16.7. The van der Waals surface area contributed by atoms with Gasteiger partial charge in [-0.05, 0) is 69.5 Å². The van der Waals surface area contributed by atoms with Crippen LogP contribution in [0.3, 0.4) is 0 Å². The first kappa shape index (κ1) is 23.2. The summed E-state index contributed by atoms with van der Waals surface area (Å²) in [4.78, 5) is 22.4. The van der Waals surface area contributed by atoms with E-state index in [0.717, 1.165) is 5.56 Å². The summed E-state index contributed by atoms with van der Waals surface area (Å²) in [5.41, 5.74) is 4.26. The van der Waals surface area contributed by atoms with E-state index in [-0.39, 0.29) is 12.3 Å². The Morgan fingerprint density at radius 2 is 1.97 bits per heavy atom. The third-order valence-corrected chi connectivity index (χ3v) is 5.07. The molecular formula is C22H17BrClN3O5. The Labute approximate surface area is 197 Å². The fourth-order valence-corrected chi connectivity index (χ4v) is 3.45. The van der Waals surface area contributed by atoms with Gasteiger partial charge in [-0.3, -0.25) is 14.9 Å². The molecule has 0 bridgehead atoms. The van der Waals surface area contributed by atoms with Gasteiger partial charge < -0.3 is 9.47 Å². The molecule has 32 heavy (non-hydrogen) atoms. The van der Waals surface area contributed by atoms with Crippen molar-refractivity contribution in [1.29, 1.82) is 0 Å². The average Bonchev–Trinajstić information content (AvgIpc) is 2.78. The second-order valence-electron chi connectivity index (χ2n) is 6.46. The monoisotopic (exact) mass is 517 g/mol. The zero-order chi connectivity index (χ0) is 23.1. The van der Waals surface area contributed by atoms with Gasteiger partial charge in [0.05, 0.1) is 22.7 Å². The lowest BCUT2D eigenvalue weighted by atomic mass is 10.2. The molecule has 0 aliphatic heterocycles. The number of nitrogens with zero attached hydrogens (tertiary/aromatic N) is 2. The molecule has 0 aliphatic carbocycles. The molecule has 0 heterocycles. The summed E-state index contributed by atoms with van der Waals surface area (Å²) in [5, 5.41) is 15.2.